The van der Waals surface area contributed by atoms with Gasteiger partial charge in [0.15, 0.2) is 0 Å². The van der Waals surface area contributed by atoms with Gasteiger partial charge in [-0.05, 0) is 21.0 Å². The van der Waals surface area contributed by atoms with Crippen LogP contribution in [0.5, 0.6) is 0 Å². The van der Waals surface area contributed by atoms with E-state index in [0.29, 0.717) is 0 Å². The molecule has 0 amide bonds. The Morgan fingerprint density at radius 1 is 1.57 bits per heavy atom. The van der Waals surface area contributed by atoms with E-state index in [1.807, 2.05) is 20.4 Å². The Kier molecular flexibility index (Phi) is 2.60. The summed E-state index contributed by atoms with van der Waals surface area (Å²) in [7, 11) is 3.69. The van der Waals surface area contributed by atoms with E-state index in [2.05, 4.69) is 0 Å². The van der Waals surface area contributed by atoms with Crippen LogP contribution in [-0.2, 0) is 4.79 Å². The minimum absolute atomic E-state index is 0.0694. The Morgan fingerprint density at radius 2 is 2.00 bits per heavy atom. The van der Waals surface area contributed by atoms with Crippen LogP contribution in [-0.4, -0.2) is 31.3 Å². The maximum absolute atomic E-state index is 9.78. The van der Waals surface area contributed by atoms with Crippen LogP contribution < -0.4 is 0 Å². The molecule has 7 heavy (non-hydrogen) atoms. The average Bonchev–Trinajstić information content (AvgIpc) is 1.65. The van der Waals surface area contributed by atoms with E-state index in [9.17, 15) is 4.79 Å². The predicted molar refractivity (Wildman–Crippen MR) is 28.8 cm³/mol. The highest BCUT2D eigenvalue weighted by Gasteiger charge is 1.99. The first-order valence-corrected chi connectivity index (χ1v) is 2.22. The molecule has 0 N–H and O–H groups in total. The van der Waals surface area contributed by atoms with E-state index >= 15 is 0 Å². The van der Waals surface area contributed by atoms with Crippen LogP contribution in [0, 0.1) is 0 Å². The van der Waals surface area contributed by atoms with Crippen LogP contribution in [0.15, 0.2) is 0 Å². The summed E-state index contributed by atoms with van der Waals surface area (Å²) in [5.41, 5.74) is 0. The van der Waals surface area contributed by atoms with Crippen molar-refractivity contribution < 1.29 is 4.79 Å². The highest BCUT2D eigenvalue weighted by molar-refractivity contribution is 5.57. The molecule has 0 spiro atoms. The van der Waals surface area contributed by atoms with Gasteiger partial charge in [-0.25, -0.2) is 0 Å². The van der Waals surface area contributed by atoms with Gasteiger partial charge in [-0.15, -0.1) is 0 Å². The predicted octanol–water partition coefficient (Wildman–Crippen LogP) is 0.0462. The third-order valence-corrected chi connectivity index (χ3v) is 0.945. The Hall–Kier alpha value is -0.370. The fourth-order valence-electron chi connectivity index (χ4n) is 0.105. The smallest absolute Gasteiger partial charge is 0.216 e. The summed E-state index contributed by atoms with van der Waals surface area (Å²) in [6, 6.07) is -0.0694. The van der Waals surface area contributed by atoms with Crippen LogP contribution in [0.25, 0.3) is 0 Å². The summed E-state index contributed by atoms with van der Waals surface area (Å²) in [6.07, 6.45) is 1.84. The topological polar surface area (TPSA) is 20.3 Å². The van der Waals surface area contributed by atoms with Crippen LogP contribution >= 0.6 is 0 Å². The molecule has 0 rings (SSSR count). The number of hydrogen-bond donors (Lipinski definition) is 0. The summed E-state index contributed by atoms with van der Waals surface area (Å²) in [4.78, 5) is 11.6. The van der Waals surface area contributed by atoms with Crippen molar-refractivity contribution in [3.63, 3.8) is 0 Å². The lowest BCUT2D eigenvalue weighted by atomic mass is 10.4. The molecule has 0 aliphatic carbocycles. The lowest BCUT2D eigenvalue weighted by Crippen LogP contribution is -2.25. The van der Waals surface area contributed by atoms with Gasteiger partial charge in [0.05, 0.1) is 6.04 Å². The van der Waals surface area contributed by atoms with E-state index in [1.54, 1.807) is 11.8 Å². The number of likely N-dealkylation sites (N-methyl/N-ethyl adjacent to an activating group) is 1. The minimum atomic E-state index is -0.0694. The van der Waals surface area contributed by atoms with Crippen molar-refractivity contribution in [2.75, 3.05) is 14.1 Å². The third kappa shape index (κ3) is 2.34. The van der Waals surface area contributed by atoms with Crippen molar-refractivity contribution in [2.24, 2.45) is 0 Å². The second-order valence-electron chi connectivity index (χ2n) is 1.76. The molecule has 0 bridgehead atoms. The van der Waals surface area contributed by atoms with Crippen molar-refractivity contribution >= 4 is 6.29 Å². The van der Waals surface area contributed by atoms with Crippen molar-refractivity contribution in [1.82, 2.24) is 4.90 Å². The van der Waals surface area contributed by atoms with Crippen LogP contribution in [0.4, 0.5) is 0 Å². The fourth-order valence-corrected chi connectivity index (χ4v) is 0.105. The zero-order valence-electron chi connectivity index (χ0n) is 4.93. The Morgan fingerprint density at radius 3 is 2.00 bits per heavy atom. The first kappa shape index (κ1) is 6.63. The van der Waals surface area contributed by atoms with E-state index < -0.39 is 0 Å². The van der Waals surface area contributed by atoms with Gasteiger partial charge in [0.1, 0.15) is 0 Å². The molecule has 0 saturated heterocycles. The van der Waals surface area contributed by atoms with Gasteiger partial charge in [0.25, 0.3) is 0 Å². The highest BCUT2D eigenvalue weighted by atomic mass is 16.1. The second-order valence-corrected chi connectivity index (χ2v) is 1.76. The quantitative estimate of drug-likeness (QED) is 0.488. The molecular weight excluding hydrogens is 90.1 g/mol. The average molecular weight is 100 g/mol. The van der Waals surface area contributed by atoms with Gasteiger partial charge < -0.3 is 0 Å². The lowest BCUT2D eigenvalue weighted by molar-refractivity contribution is 0.367. The Balaban J connectivity index is 3.33. The fraction of sp³-hybridized carbons (Fsp3) is 0.800. The minimum Gasteiger partial charge on any atom is -0.300 e. The molecule has 0 aromatic carbocycles. The van der Waals surface area contributed by atoms with Crippen molar-refractivity contribution in [3.05, 3.63) is 0 Å². The molecule has 0 aromatic heterocycles. The van der Waals surface area contributed by atoms with Crippen LogP contribution in [0.2, 0.25) is 0 Å². The molecule has 2 heteroatoms. The van der Waals surface area contributed by atoms with E-state index in [0.717, 1.165) is 0 Å². The first-order valence-electron chi connectivity index (χ1n) is 2.22. The number of nitrogens with zero attached hydrogens (tertiary/aromatic N) is 1. The summed E-state index contributed by atoms with van der Waals surface area (Å²) in [5, 5.41) is 0. The summed E-state index contributed by atoms with van der Waals surface area (Å²) >= 11 is 0. The van der Waals surface area contributed by atoms with Gasteiger partial charge in [0, 0.05) is 0 Å². The molecule has 0 fully saturated rings. The van der Waals surface area contributed by atoms with Gasteiger partial charge in [-0.3, -0.25) is 9.69 Å². The Labute approximate surface area is 44.1 Å². The molecule has 0 unspecified atom stereocenters. The number of carbonyl (C=O) groups excluding carboxylic acids is 1. The maximum atomic E-state index is 9.78. The number of rotatable bonds is 2. The van der Waals surface area contributed by atoms with E-state index in [1.165, 1.54) is 0 Å². The molecule has 1 atom stereocenters. The molecule has 0 aliphatic heterocycles. The monoisotopic (exact) mass is 100 g/mol. The van der Waals surface area contributed by atoms with Gasteiger partial charge in [-0.2, -0.15) is 0 Å². The molecule has 0 heterocycles. The standard InChI is InChI=1S/C5H10NO/c1-5(4-7)6(2)3/h5H,1-3H3/t5-/m0/s1. The lowest BCUT2D eigenvalue weighted by Gasteiger charge is -2.10. The molecule has 41 valence electrons. The SMILES string of the molecule is C[C@@H]([C]=O)N(C)C. The van der Waals surface area contributed by atoms with Crippen molar-refractivity contribution in [2.45, 2.75) is 13.0 Å². The van der Waals surface area contributed by atoms with Crippen molar-refractivity contribution in [3.8, 4) is 0 Å². The van der Waals surface area contributed by atoms with Gasteiger partial charge in [-0.1, -0.05) is 0 Å². The zero-order chi connectivity index (χ0) is 5.86. The molecule has 1 radical (unpaired) electrons. The second kappa shape index (κ2) is 2.75. The van der Waals surface area contributed by atoms with Gasteiger partial charge in [0.2, 0.25) is 6.29 Å². The molecule has 0 aromatic rings. The molecule has 0 saturated carbocycles. The van der Waals surface area contributed by atoms with E-state index in [-0.39, 0.29) is 6.04 Å². The molecule has 2 nitrogen and oxygen atoms in total. The largest absolute Gasteiger partial charge is 0.300 e. The third-order valence-electron chi connectivity index (χ3n) is 0.945. The molecular formula is C5H10NO. The van der Waals surface area contributed by atoms with Gasteiger partial charge >= 0.3 is 0 Å². The first-order chi connectivity index (χ1) is 3.18. The Bertz CT molecular complexity index is 61.1. The van der Waals surface area contributed by atoms with E-state index in [4.69, 9.17) is 0 Å². The van der Waals surface area contributed by atoms with Crippen molar-refractivity contribution in [1.29, 1.82) is 0 Å². The normalized spacial score (nSPS) is 14.3. The zero-order valence-corrected chi connectivity index (χ0v) is 4.93. The molecule has 0 aliphatic rings. The van der Waals surface area contributed by atoms with Crippen LogP contribution in [0.1, 0.15) is 6.92 Å². The maximum Gasteiger partial charge on any atom is 0.216 e. The summed E-state index contributed by atoms with van der Waals surface area (Å²) < 4.78 is 0. The van der Waals surface area contributed by atoms with Crippen LogP contribution in [0.3, 0.4) is 0 Å². The summed E-state index contributed by atoms with van der Waals surface area (Å²) in [6.45, 7) is 1.80. The number of hydrogen-bond acceptors (Lipinski definition) is 2. The summed E-state index contributed by atoms with van der Waals surface area (Å²) in [5.74, 6) is 0. The highest BCUT2D eigenvalue weighted by Crippen LogP contribution is 1.82.